The zero-order valence-corrected chi connectivity index (χ0v) is 10.5. The smallest absolute Gasteiger partial charge is 0.323 e. The zero-order chi connectivity index (χ0) is 12.2. The molecule has 0 saturated carbocycles. The molecule has 16 heavy (non-hydrogen) atoms. The van der Waals surface area contributed by atoms with Crippen LogP contribution in [0.25, 0.3) is 0 Å². The Balaban J connectivity index is 2.44. The molecule has 0 spiro atoms. The van der Waals surface area contributed by atoms with E-state index < -0.39 is 5.60 Å². The lowest BCUT2D eigenvalue weighted by Gasteiger charge is -2.49. The van der Waals surface area contributed by atoms with Gasteiger partial charge in [0.2, 0.25) is 0 Å². The normalized spacial score (nSPS) is 21.2. The lowest BCUT2D eigenvalue weighted by atomic mass is 9.87. The van der Waals surface area contributed by atoms with Crippen LogP contribution in [0.15, 0.2) is 0 Å². The number of rotatable bonds is 6. The highest BCUT2D eigenvalue weighted by atomic mass is 16.5. The van der Waals surface area contributed by atoms with Crippen molar-refractivity contribution in [2.75, 3.05) is 19.7 Å². The van der Waals surface area contributed by atoms with Crippen molar-refractivity contribution in [2.24, 2.45) is 0 Å². The summed E-state index contributed by atoms with van der Waals surface area (Å²) in [5.74, 6) is -0.163. The first-order chi connectivity index (χ1) is 7.56. The molecule has 1 atom stereocenters. The standard InChI is InChI=1S/C12H23NO3/c1-4-7-12(15)8-13(9-12)10(5-2)11(14)16-6-3/h10,15H,4-9H2,1-3H3. The number of likely N-dealkylation sites (tertiary alicyclic amines) is 1. The number of β-amino-alcohol motifs (C(OH)–C–C–N with tert-alkyl or cyclic N) is 1. The van der Waals surface area contributed by atoms with Crippen LogP contribution in [0.1, 0.15) is 40.0 Å². The molecule has 1 aliphatic rings. The molecule has 1 heterocycles. The van der Waals surface area contributed by atoms with E-state index in [1.807, 2.05) is 18.7 Å². The van der Waals surface area contributed by atoms with Gasteiger partial charge in [0.1, 0.15) is 6.04 Å². The van der Waals surface area contributed by atoms with Crippen molar-refractivity contribution in [2.45, 2.75) is 51.7 Å². The third-order valence-electron chi connectivity index (χ3n) is 3.10. The van der Waals surface area contributed by atoms with Gasteiger partial charge in [-0.1, -0.05) is 20.3 Å². The van der Waals surface area contributed by atoms with Gasteiger partial charge in [-0.25, -0.2) is 0 Å². The van der Waals surface area contributed by atoms with E-state index in [0.29, 0.717) is 19.7 Å². The van der Waals surface area contributed by atoms with Gasteiger partial charge in [0.15, 0.2) is 0 Å². The summed E-state index contributed by atoms with van der Waals surface area (Å²) in [5.41, 5.74) is -0.575. The summed E-state index contributed by atoms with van der Waals surface area (Å²) in [7, 11) is 0. The van der Waals surface area contributed by atoms with Crippen LogP contribution in [0.2, 0.25) is 0 Å². The molecule has 1 aliphatic heterocycles. The van der Waals surface area contributed by atoms with E-state index in [0.717, 1.165) is 19.3 Å². The Labute approximate surface area is 97.6 Å². The van der Waals surface area contributed by atoms with Crippen LogP contribution in [-0.4, -0.2) is 47.3 Å². The number of nitrogens with zero attached hydrogens (tertiary/aromatic N) is 1. The second-order valence-electron chi connectivity index (χ2n) is 4.56. The predicted molar refractivity (Wildman–Crippen MR) is 62.1 cm³/mol. The van der Waals surface area contributed by atoms with Crippen molar-refractivity contribution >= 4 is 5.97 Å². The van der Waals surface area contributed by atoms with Crippen LogP contribution in [-0.2, 0) is 9.53 Å². The average molecular weight is 229 g/mol. The molecule has 1 N–H and O–H groups in total. The second kappa shape index (κ2) is 5.64. The summed E-state index contributed by atoms with van der Waals surface area (Å²) in [5, 5.41) is 10.0. The summed E-state index contributed by atoms with van der Waals surface area (Å²) < 4.78 is 5.02. The number of esters is 1. The molecule has 0 amide bonds. The minimum Gasteiger partial charge on any atom is -0.465 e. The van der Waals surface area contributed by atoms with Crippen LogP contribution in [0.3, 0.4) is 0 Å². The minimum absolute atomic E-state index is 0.163. The van der Waals surface area contributed by atoms with E-state index in [2.05, 4.69) is 6.92 Å². The molecular formula is C12H23NO3. The summed E-state index contributed by atoms with van der Waals surface area (Å²) in [6, 6.07) is -0.183. The molecule has 0 aliphatic carbocycles. The van der Waals surface area contributed by atoms with E-state index in [-0.39, 0.29) is 12.0 Å². The number of carbonyl (C=O) groups is 1. The van der Waals surface area contributed by atoms with Crippen molar-refractivity contribution < 1.29 is 14.6 Å². The lowest BCUT2D eigenvalue weighted by molar-refractivity contribution is -0.164. The Morgan fingerprint density at radius 1 is 1.44 bits per heavy atom. The number of aliphatic hydroxyl groups is 1. The van der Waals surface area contributed by atoms with Crippen molar-refractivity contribution in [3.05, 3.63) is 0 Å². The topological polar surface area (TPSA) is 49.8 Å². The highest BCUT2D eigenvalue weighted by Gasteiger charge is 2.44. The summed E-state index contributed by atoms with van der Waals surface area (Å²) in [6.07, 6.45) is 2.52. The quantitative estimate of drug-likeness (QED) is 0.695. The Morgan fingerprint density at radius 2 is 2.06 bits per heavy atom. The SMILES string of the molecule is CCCC1(O)CN(C(CC)C(=O)OCC)C1. The van der Waals surface area contributed by atoms with Crippen molar-refractivity contribution in [1.82, 2.24) is 4.90 Å². The third-order valence-corrected chi connectivity index (χ3v) is 3.10. The lowest BCUT2D eigenvalue weighted by Crippen LogP contribution is -2.65. The Kier molecular flexibility index (Phi) is 4.74. The highest BCUT2D eigenvalue weighted by molar-refractivity contribution is 5.75. The number of carbonyl (C=O) groups excluding carboxylic acids is 1. The molecule has 94 valence electrons. The van der Waals surface area contributed by atoms with Gasteiger partial charge in [0.25, 0.3) is 0 Å². The predicted octanol–water partition coefficient (Wildman–Crippen LogP) is 1.17. The van der Waals surface area contributed by atoms with Gasteiger partial charge in [-0.3, -0.25) is 9.69 Å². The van der Waals surface area contributed by atoms with Gasteiger partial charge < -0.3 is 9.84 Å². The maximum atomic E-state index is 11.6. The van der Waals surface area contributed by atoms with Gasteiger partial charge in [-0.05, 0) is 19.8 Å². The first-order valence-electron chi connectivity index (χ1n) is 6.19. The van der Waals surface area contributed by atoms with Gasteiger partial charge in [-0.15, -0.1) is 0 Å². The van der Waals surface area contributed by atoms with E-state index >= 15 is 0 Å². The maximum absolute atomic E-state index is 11.6. The summed E-state index contributed by atoms with van der Waals surface area (Å²) in [4.78, 5) is 13.6. The highest BCUT2D eigenvalue weighted by Crippen LogP contribution is 2.28. The summed E-state index contributed by atoms with van der Waals surface area (Å²) in [6.45, 7) is 7.45. The first kappa shape index (κ1) is 13.5. The van der Waals surface area contributed by atoms with Crippen molar-refractivity contribution in [3.63, 3.8) is 0 Å². The second-order valence-corrected chi connectivity index (χ2v) is 4.56. The average Bonchev–Trinajstić information content (AvgIpc) is 2.17. The van der Waals surface area contributed by atoms with Gasteiger partial charge in [0.05, 0.1) is 12.2 Å². The zero-order valence-electron chi connectivity index (χ0n) is 10.5. The first-order valence-corrected chi connectivity index (χ1v) is 6.19. The molecule has 1 saturated heterocycles. The number of hydrogen-bond donors (Lipinski definition) is 1. The van der Waals surface area contributed by atoms with Crippen LogP contribution >= 0.6 is 0 Å². The van der Waals surface area contributed by atoms with Crippen LogP contribution < -0.4 is 0 Å². The molecule has 4 nitrogen and oxygen atoms in total. The molecule has 0 aromatic carbocycles. The van der Waals surface area contributed by atoms with Crippen LogP contribution in [0.4, 0.5) is 0 Å². The van der Waals surface area contributed by atoms with E-state index in [9.17, 15) is 9.90 Å². The minimum atomic E-state index is -0.575. The van der Waals surface area contributed by atoms with Gasteiger partial charge >= 0.3 is 5.97 Å². The van der Waals surface area contributed by atoms with E-state index in [1.165, 1.54) is 0 Å². The fraction of sp³-hybridized carbons (Fsp3) is 0.917. The van der Waals surface area contributed by atoms with E-state index in [4.69, 9.17) is 4.74 Å². The Hall–Kier alpha value is -0.610. The van der Waals surface area contributed by atoms with E-state index in [1.54, 1.807) is 0 Å². The van der Waals surface area contributed by atoms with Crippen LogP contribution in [0.5, 0.6) is 0 Å². The Morgan fingerprint density at radius 3 is 2.50 bits per heavy atom. The Bertz CT molecular complexity index is 236. The molecule has 0 aromatic rings. The molecule has 1 unspecified atom stereocenters. The number of hydrogen-bond acceptors (Lipinski definition) is 4. The fourth-order valence-corrected chi connectivity index (χ4v) is 2.37. The molecule has 1 rings (SSSR count). The largest absolute Gasteiger partial charge is 0.465 e. The molecule has 0 aromatic heterocycles. The number of ether oxygens (including phenoxy) is 1. The van der Waals surface area contributed by atoms with Crippen molar-refractivity contribution in [1.29, 1.82) is 0 Å². The van der Waals surface area contributed by atoms with Gasteiger partial charge in [0, 0.05) is 13.1 Å². The molecule has 4 heteroatoms. The monoisotopic (exact) mass is 229 g/mol. The molecule has 0 bridgehead atoms. The fourth-order valence-electron chi connectivity index (χ4n) is 2.37. The molecular weight excluding hydrogens is 206 g/mol. The maximum Gasteiger partial charge on any atom is 0.323 e. The molecule has 1 fully saturated rings. The van der Waals surface area contributed by atoms with Crippen molar-refractivity contribution in [3.8, 4) is 0 Å². The van der Waals surface area contributed by atoms with Gasteiger partial charge in [-0.2, -0.15) is 0 Å². The third kappa shape index (κ3) is 2.95. The van der Waals surface area contributed by atoms with Crippen LogP contribution in [0, 0.1) is 0 Å². The molecule has 0 radical (unpaired) electrons. The summed E-state index contributed by atoms with van der Waals surface area (Å²) >= 11 is 0.